The highest BCUT2D eigenvalue weighted by Crippen LogP contribution is 2.29. The van der Waals surface area contributed by atoms with E-state index < -0.39 is 0 Å². The van der Waals surface area contributed by atoms with E-state index in [4.69, 9.17) is 16.4 Å². The van der Waals surface area contributed by atoms with Crippen LogP contribution in [0.2, 0.25) is 5.02 Å². The van der Waals surface area contributed by atoms with Gasteiger partial charge in [0.1, 0.15) is 6.61 Å². The molecule has 0 unspecified atom stereocenters. The molecule has 3 heterocycles. The summed E-state index contributed by atoms with van der Waals surface area (Å²) in [6.07, 6.45) is 1.61. The Labute approximate surface area is 154 Å². The highest BCUT2D eigenvalue weighted by Gasteiger charge is 2.30. The SMILES string of the molecule is CN(C)CCO/N=C1\c2cc(Cl)ccc2-n2c1nc1ncccc1c2=O. The average molecular weight is 370 g/mol. The third kappa shape index (κ3) is 2.75. The van der Waals surface area contributed by atoms with Crippen molar-refractivity contribution in [3.8, 4) is 5.69 Å². The third-order valence-electron chi connectivity index (χ3n) is 4.10. The quantitative estimate of drug-likeness (QED) is 0.407. The minimum absolute atomic E-state index is 0.194. The minimum Gasteiger partial charge on any atom is -0.394 e. The second-order valence-electron chi connectivity index (χ2n) is 6.19. The first-order chi connectivity index (χ1) is 12.6. The zero-order valence-electron chi connectivity index (χ0n) is 14.3. The molecule has 132 valence electrons. The van der Waals surface area contributed by atoms with E-state index in [0.717, 1.165) is 6.54 Å². The van der Waals surface area contributed by atoms with E-state index in [-0.39, 0.29) is 5.56 Å². The molecule has 0 aliphatic carbocycles. The predicted octanol–water partition coefficient (Wildman–Crippen LogP) is 2.08. The summed E-state index contributed by atoms with van der Waals surface area (Å²) >= 11 is 6.16. The van der Waals surface area contributed by atoms with Crippen LogP contribution in [0.5, 0.6) is 0 Å². The number of benzene rings is 1. The van der Waals surface area contributed by atoms with Gasteiger partial charge in [-0.25, -0.2) is 9.97 Å². The third-order valence-corrected chi connectivity index (χ3v) is 4.33. The number of aromatic nitrogens is 3. The summed E-state index contributed by atoms with van der Waals surface area (Å²) in [5.74, 6) is 0.406. The van der Waals surface area contributed by atoms with Gasteiger partial charge in [0.05, 0.1) is 11.1 Å². The maximum absolute atomic E-state index is 13.0. The molecule has 26 heavy (non-hydrogen) atoms. The number of nitrogens with zero attached hydrogens (tertiary/aromatic N) is 5. The topological polar surface area (TPSA) is 72.6 Å². The van der Waals surface area contributed by atoms with Crippen LogP contribution in [0.15, 0.2) is 46.5 Å². The number of hydrogen-bond donors (Lipinski definition) is 0. The monoisotopic (exact) mass is 369 g/mol. The first-order valence-corrected chi connectivity index (χ1v) is 8.47. The molecule has 0 spiro atoms. The first kappa shape index (κ1) is 16.7. The van der Waals surface area contributed by atoms with Gasteiger partial charge in [0.25, 0.3) is 5.56 Å². The summed E-state index contributed by atoms with van der Waals surface area (Å²) in [6, 6.07) is 8.71. The Morgan fingerprint density at radius 2 is 2.15 bits per heavy atom. The Hall–Kier alpha value is -2.77. The Morgan fingerprint density at radius 1 is 1.31 bits per heavy atom. The summed E-state index contributed by atoms with van der Waals surface area (Å²) < 4.78 is 1.53. The van der Waals surface area contributed by atoms with Gasteiger partial charge < -0.3 is 9.74 Å². The van der Waals surface area contributed by atoms with Crippen molar-refractivity contribution < 1.29 is 4.84 Å². The van der Waals surface area contributed by atoms with Crippen molar-refractivity contribution in [3.63, 3.8) is 0 Å². The van der Waals surface area contributed by atoms with Gasteiger partial charge in [-0.3, -0.25) is 9.36 Å². The molecule has 3 aromatic rings. The number of pyridine rings is 1. The highest BCUT2D eigenvalue weighted by atomic mass is 35.5. The maximum atomic E-state index is 13.0. The number of likely N-dealkylation sites (N-methyl/N-ethyl adjacent to an activating group) is 1. The molecular weight excluding hydrogens is 354 g/mol. The molecule has 0 saturated carbocycles. The van der Waals surface area contributed by atoms with Crippen molar-refractivity contribution in [3.05, 3.63) is 63.3 Å². The summed E-state index contributed by atoms with van der Waals surface area (Å²) in [6.45, 7) is 1.14. The standard InChI is InChI=1S/C18H16ClN5O2/c1-23(2)8-9-26-22-15-13-10-11(19)5-6-14(13)24-17(15)21-16-12(18(24)25)4-3-7-20-16/h3-7,10H,8-9H2,1-2H3/b22-15+. The van der Waals surface area contributed by atoms with Gasteiger partial charge in [0.15, 0.2) is 17.2 Å². The smallest absolute Gasteiger partial charge is 0.267 e. The zero-order chi connectivity index (χ0) is 18.3. The number of oxime groups is 1. The number of hydrogen-bond acceptors (Lipinski definition) is 6. The van der Waals surface area contributed by atoms with Crippen molar-refractivity contribution in [2.75, 3.05) is 27.2 Å². The first-order valence-electron chi connectivity index (χ1n) is 8.09. The molecule has 1 aliphatic heterocycles. The van der Waals surface area contributed by atoms with Crippen LogP contribution in [0.25, 0.3) is 16.7 Å². The van der Waals surface area contributed by atoms with Crippen molar-refractivity contribution in [2.24, 2.45) is 5.16 Å². The molecule has 7 nitrogen and oxygen atoms in total. The van der Waals surface area contributed by atoms with E-state index in [1.807, 2.05) is 19.0 Å². The van der Waals surface area contributed by atoms with Crippen LogP contribution in [-0.2, 0) is 4.84 Å². The average Bonchev–Trinajstić information content (AvgIpc) is 2.92. The molecule has 0 N–H and O–H groups in total. The van der Waals surface area contributed by atoms with E-state index in [1.54, 1.807) is 36.5 Å². The van der Waals surface area contributed by atoms with Crippen molar-refractivity contribution in [1.82, 2.24) is 19.4 Å². The van der Waals surface area contributed by atoms with Gasteiger partial charge in [0, 0.05) is 23.3 Å². The van der Waals surface area contributed by atoms with E-state index in [2.05, 4.69) is 15.1 Å². The molecule has 0 bridgehead atoms. The fraction of sp³-hybridized carbons (Fsp3) is 0.222. The molecule has 0 fully saturated rings. The van der Waals surface area contributed by atoms with E-state index in [0.29, 0.717) is 45.4 Å². The Bertz CT molecular complexity index is 1090. The highest BCUT2D eigenvalue weighted by molar-refractivity contribution is 6.31. The lowest BCUT2D eigenvalue weighted by molar-refractivity contribution is 0.126. The van der Waals surface area contributed by atoms with Gasteiger partial charge in [-0.15, -0.1) is 0 Å². The predicted molar refractivity (Wildman–Crippen MR) is 100 cm³/mol. The van der Waals surface area contributed by atoms with Crippen molar-refractivity contribution in [1.29, 1.82) is 0 Å². The Balaban J connectivity index is 1.90. The zero-order valence-corrected chi connectivity index (χ0v) is 15.1. The molecule has 0 radical (unpaired) electrons. The van der Waals surface area contributed by atoms with E-state index in [1.165, 1.54) is 4.57 Å². The number of rotatable bonds is 4. The van der Waals surface area contributed by atoms with Crippen LogP contribution in [0.1, 0.15) is 11.4 Å². The maximum Gasteiger partial charge on any atom is 0.267 e. The normalized spacial score (nSPS) is 14.1. The van der Waals surface area contributed by atoms with Crippen molar-refractivity contribution >= 4 is 28.3 Å². The molecular formula is C18H16ClN5O2. The van der Waals surface area contributed by atoms with Crippen LogP contribution >= 0.6 is 11.6 Å². The molecule has 0 atom stereocenters. The molecule has 0 saturated heterocycles. The fourth-order valence-corrected chi connectivity index (χ4v) is 3.01. The van der Waals surface area contributed by atoms with Gasteiger partial charge in [0.2, 0.25) is 0 Å². The largest absolute Gasteiger partial charge is 0.394 e. The summed E-state index contributed by atoms with van der Waals surface area (Å²) in [7, 11) is 3.91. The van der Waals surface area contributed by atoms with E-state index >= 15 is 0 Å². The minimum atomic E-state index is -0.194. The Kier molecular flexibility index (Phi) is 4.18. The van der Waals surface area contributed by atoms with E-state index in [9.17, 15) is 4.79 Å². The molecule has 0 amide bonds. The summed E-state index contributed by atoms with van der Waals surface area (Å²) in [5.41, 5.74) is 2.06. The lowest BCUT2D eigenvalue weighted by atomic mass is 10.1. The fourth-order valence-electron chi connectivity index (χ4n) is 2.84. The molecule has 1 aliphatic rings. The molecule has 8 heteroatoms. The number of halogens is 1. The summed E-state index contributed by atoms with van der Waals surface area (Å²) in [4.78, 5) is 29.2. The lowest BCUT2D eigenvalue weighted by Crippen LogP contribution is -2.22. The lowest BCUT2D eigenvalue weighted by Gasteiger charge is -2.08. The second kappa shape index (κ2) is 6.51. The molecule has 2 aromatic heterocycles. The van der Waals surface area contributed by atoms with Crippen LogP contribution in [-0.4, -0.2) is 52.4 Å². The van der Waals surface area contributed by atoms with Crippen LogP contribution in [0, 0.1) is 0 Å². The van der Waals surface area contributed by atoms with Gasteiger partial charge in [-0.2, -0.15) is 0 Å². The van der Waals surface area contributed by atoms with Crippen molar-refractivity contribution in [2.45, 2.75) is 0 Å². The van der Waals surface area contributed by atoms with Gasteiger partial charge in [-0.1, -0.05) is 16.8 Å². The summed E-state index contributed by atoms with van der Waals surface area (Å²) in [5, 5.41) is 5.25. The van der Waals surface area contributed by atoms with Crippen LogP contribution in [0.4, 0.5) is 0 Å². The van der Waals surface area contributed by atoms with Crippen LogP contribution < -0.4 is 5.56 Å². The second-order valence-corrected chi connectivity index (χ2v) is 6.62. The molecule has 1 aromatic carbocycles. The van der Waals surface area contributed by atoms with Gasteiger partial charge >= 0.3 is 0 Å². The molecule has 4 rings (SSSR count). The van der Waals surface area contributed by atoms with Gasteiger partial charge in [-0.05, 0) is 44.4 Å². The Morgan fingerprint density at radius 3 is 2.96 bits per heavy atom. The number of fused-ring (bicyclic) bond motifs is 4. The van der Waals surface area contributed by atoms with Crippen LogP contribution in [0.3, 0.4) is 0 Å².